The number of fused-ring (bicyclic) bond motifs is 1. The maximum absolute atomic E-state index is 12.6. The van der Waals surface area contributed by atoms with Crippen molar-refractivity contribution in [3.8, 4) is 0 Å². The predicted octanol–water partition coefficient (Wildman–Crippen LogP) is 4.20. The third-order valence-electron chi connectivity index (χ3n) is 6.34. The first-order chi connectivity index (χ1) is 14.1. The Labute approximate surface area is 177 Å². The summed E-state index contributed by atoms with van der Waals surface area (Å²) in [7, 11) is 2.04. The molecule has 0 amide bonds. The molecule has 4 rings (SSSR count). The normalized spacial score (nSPS) is 24.2. The number of nitrogens with zero attached hydrogens (tertiary/aromatic N) is 2. The largest absolute Gasteiger partial charge is 0.494 e. The summed E-state index contributed by atoms with van der Waals surface area (Å²) in [4.78, 5) is 26.4. The van der Waals surface area contributed by atoms with Crippen LogP contribution in [-0.2, 0) is 4.74 Å². The Morgan fingerprint density at radius 2 is 2.00 bits per heavy atom. The van der Waals surface area contributed by atoms with E-state index in [4.69, 9.17) is 4.74 Å². The Morgan fingerprint density at radius 1 is 1.27 bits per heavy atom. The van der Waals surface area contributed by atoms with Gasteiger partial charge in [-0.1, -0.05) is 32.9 Å². The highest BCUT2D eigenvalue weighted by molar-refractivity contribution is 5.87. The molecule has 0 spiro atoms. The number of rotatable bonds is 3. The molecule has 3 aliphatic rings. The Hall–Kier alpha value is -2.76. The zero-order chi connectivity index (χ0) is 21.6. The molecule has 1 atom stereocenters. The van der Waals surface area contributed by atoms with Crippen molar-refractivity contribution in [1.29, 1.82) is 0 Å². The van der Waals surface area contributed by atoms with Crippen molar-refractivity contribution in [3.63, 3.8) is 0 Å². The van der Waals surface area contributed by atoms with Gasteiger partial charge in [0.1, 0.15) is 11.3 Å². The van der Waals surface area contributed by atoms with Crippen molar-refractivity contribution >= 4 is 11.7 Å². The Morgan fingerprint density at radius 3 is 2.60 bits per heavy atom. The van der Waals surface area contributed by atoms with Crippen LogP contribution in [0.2, 0.25) is 0 Å². The number of carbonyl (C=O) groups is 1. The van der Waals surface area contributed by atoms with E-state index in [0.717, 1.165) is 42.1 Å². The van der Waals surface area contributed by atoms with Crippen LogP contribution in [0.1, 0.15) is 68.5 Å². The van der Waals surface area contributed by atoms with Gasteiger partial charge in [0, 0.05) is 32.3 Å². The highest BCUT2D eigenvalue weighted by Crippen LogP contribution is 2.41. The van der Waals surface area contributed by atoms with E-state index in [9.17, 15) is 14.7 Å². The Kier molecular flexibility index (Phi) is 5.12. The molecule has 6 nitrogen and oxygen atoms in total. The van der Waals surface area contributed by atoms with Crippen LogP contribution in [0.4, 0.5) is 0 Å². The van der Waals surface area contributed by atoms with E-state index in [1.807, 2.05) is 23.8 Å². The first-order valence-electron chi connectivity index (χ1n) is 10.6. The van der Waals surface area contributed by atoms with Gasteiger partial charge in [0.05, 0.1) is 23.5 Å². The summed E-state index contributed by atoms with van der Waals surface area (Å²) < 4.78 is 8.12. The van der Waals surface area contributed by atoms with Crippen molar-refractivity contribution in [1.82, 2.24) is 9.47 Å². The number of hydrogen-bond donors (Lipinski definition) is 1. The topological polar surface area (TPSA) is 71.8 Å². The van der Waals surface area contributed by atoms with Gasteiger partial charge in [-0.15, -0.1) is 0 Å². The second-order valence-electron chi connectivity index (χ2n) is 9.62. The molecule has 0 radical (unpaired) electrons. The SMILES string of the molecule is CN1CC(C(C)(C)C)n2cc(C(=O)O)c(=O)cc2/C1=C1\C=CC=C(OC2CCC2)C1. The molecule has 2 aliphatic carbocycles. The van der Waals surface area contributed by atoms with Crippen molar-refractivity contribution < 1.29 is 14.6 Å². The summed E-state index contributed by atoms with van der Waals surface area (Å²) >= 11 is 0. The standard InChI is InChI=1S/C24H30N2O4/c1-24(2,3)21-14-25(4)22(19-12-20(27)18(23(28)29)13-26(19)21)15-7-5-10-17(11-15)30-16-8-6-9-16/h5,7,10,12-13,16,21H,6,8-9,11,14H2,1-4H3,(H,28,29)/b22-15-. The molecule has 1 aromatic rings. The molecule has 2 heterocycles. The lowest BCUT2D eigenvalue weighted by Crippen LogP contribution is -2.42. The smallest absolute Gasteiger partial charge is 0.341 e. The first kappa shape index (κ1) is 20.5. The second kappa shape index (κ2) is 7.49. The van der Waals surface area contributed by atoms with Crippen LogP contribution in [-0.4, -0.2) is 40.2 Å². The quantitative estimate of drug-likeness (QED) is 0.808. The zero-order valence-corrected chi connectivity index (χ0v) is 18.1. The van der Waals surface area contributed by atoms with E-state index in [0.29, 0.717) is 12.5 Å². The molecular formula is C24H30N2O4. The van der Waals surface area contributed by atoms with E-state index in [-0.39, 0.29) is 17.0 Å². The molecule has 1 aromatic heterocycles. The van der Waals surface area contributed by atoms with E-state index in [2.05, 4.69) is 31.7 Å². The lowest BCUT2D eigenvalue weighted by atomic mass is 9.83. The van der Waals surface area contributed by atoms with Crippen molar-refractivity contribution in [2.45, 2.75) is 58.6 Å². The molecule has 0 saturated heterocycles. The fraction of sp³-hybridized carbons (Fsp3) is 0.500. The van der Waals surface area contributed by atoms with Gasteiger partial charge in [-0.05, 0) is 36.3 Å². The van der Waals surface area contributed by atoms with Gasteiger partial charge in [-0.2, -0.15) is 0 Å². The molecule has 1 N–H and O–H groups in total. The molecule has 0 aromatic carbocycles. The van der Waals surface area contributed by atoms with Gasteiger partial charge in [-0.3, -0.25) is 4.79 Å². The van der Waals surface area contributed by atoms with Gasteiger partial charge >= 0.3 is 5.97 Å². The molecule has 1 saturated carbocycles. The summed E-state index contributed by atoms with van der Waals surface area (Å²) in [6.07, 6.45) is 12.0. The number of aromatic nitrogens is 1. The van der Waals surface area contributed by atoms with Crippen LogP contribution < -0.4 is 5.43 Å². The number of carboxylic acid groups (broad SMARTS) is 1. The minimum Gasteiger partial charge on any atom is -0.494 e. The molecule has 1 aliphatic heterocycles. The minimum absolute atomic E-state index is 0.0364. The van der Waals surface area contributed by atoms with Gasteiger partial charge in [-0.25, -0.2) is 4.79 Å². The van der Waals surface area contributed by atoms with Gasteiger partial charge in [0.25, 0.3) is 0 Å². The maximum Gasteiger partial charge on any atom is 0.341 e. The van der Waals surface area contributed by atoms with Gasteiger partial charge in [0.2, 0.25) is 0 Å². The number of carboxylic acids is 1. The third-order valence-corrected chi connectivity index (χ3v) is 6.34. The molecule has 30 heavy (non-hydrogen) atoms. The second-order valence-corrected chi connectivity index (χ2v) is 9.62. The number of ether oxygens (including phenoxy) is 1. The highest BCUT2D eigenvalue weighted by Gasteiger charge is 2.36. The predicted molar refractivity (Wildman–Crippen MR) is 116 cm³/mol. The average Bonchev–Trinajstić information content (AvgIpc) is 2.63. The number of hydrogen-bond acceptors (Lipinski definition) is 4. The summed E-state index contributed by atoms with van der Waals surface area (Å²) in [5.74, 6) is -0.236. The van der Waals surface area contributed by atoms with Gasteiger partial charge < -0.3 is 19.3 Å². The molecule has 160 valence electrons. The lowest BCUT2D eigenvalue weighted by molar-refractivity contribution is 0.0493. The average molecular weight is 411 g/mol. The summed E-state index contributed by atoms with van der Waals surface area (Å²) in [6.45, 7) is 7.15. The fourth-order valence-electron chi connectivity index (χ4n) is 4.42. The number of likely N-dealkylation sites (N-methyl/N-ethyl adjacent to an activating group) is 1. The maximum atomic E-state index is 12.6. The third kappa shape index (κ3) is 3.71. The van der Waals surface area contributed by atoms with E-state index >= 15 is 0 Å². The minimum atomic E-state index is -1.19. The molecule has 1 fully saturated rings. The van der Waals surface area contributed by atoms with Crippen molar-refractivity contribution in [2.75, 3.05) is 13.6 Å². The molecular weight excluding hydrogens is 380 g/mol. The summed E-state index contributed by atoms with van der Waals surface area (Å²) in [5, 5.41) is 9.50. The van der Waals surface area contributed by atoms with Crippen LogP contribution in [0, 0.1) is 5.41 Å². The lowest BCUT2D eigenvalue weighted by Gasteiger charge is -2.44. The Bertz CT molecular complexity index is 1020. The first-order valence-corrected chi connectivity index (χ1v) is 10.6. The monoisotopic (exact) mass is 410 g/mol. The van der Waals surface area contributed by atoms with E-state index in [1.165, 1.54) is 18.7 Å². The van der Waals surface area contributed by atoms with Gasteiger partial charge in [0.15, 0.2) is 5.43 Å². The van der Waals surface area contributed by atoms with Crippen LogP contribution >= 0.6 is 0 Å². The summed E-state index contributed by atoms with van der Waals surface area (Å²) in [6, 6.07) is 1.52. The van der Waals surface area contributed by atoms with Crippen LogP contribution in [0.5, 0.6) is 0 Å². The van der Waals surface area contributed by atoms with Crippen LogP contribution in [0.3, 0.4) is 0 Å². The number of allylic oxidation sites excluding steroid dienone is 4. The van der Waals surface area contributed by atoms with Crippen LogP contribution in [0.25, 0.3) is 5.70 Å². The van der Waals surface area contributed by atoms with E-state index < -0.39 is 11.4 Å². The Balaban J connectivity index is 1.82. The van der Waals surface area contributed by atoms with Crippen molar-refractivity contribution in [2.24, 2.45) is 5.41 Å². The molecule has 6 heteroatoms. The fourth-order valence-corrected chi connectivity index (χ4v) is 4.42. The van der Waals surface area contributed by atoms with E-state index in [1.54, 1.807) is 0 Å². The van der Waals surface area contributed by atoms with Crippen molar-refractivity contribution in [3.05, 3.63) is 63.3 Å². The molecule has 0 bridgehead atoms. The van der Waals surface area contributed by atoms with Crippen LogP contribution in [0.15, 0.2) is 46.6 Å². The summed E-state index contributed by atoms with van der Waals surface area (Å²) in [5.41, 5.74) is 2.06. The highest BCUT2D eigenvalue weighted by atomic mass is 16.5. The zero-order valence-electron chi connectivity index (χ0n) is 18.1. The number of aromatic carboxylic acids is 1. The molecule has 1 unspecified atom stereocenters. The number of pyridine rings is 1.